The molecule has 0 aromatic carbocycles. The molecule has 0 saturated heterocycles. The van der Waals surface area contributed by atoms with Gasteiger partial charge in [0.05, 0.1) is 16.9 Å². The van der Waals surface area contributed by atoms with E-state index in [1.54, 1.807) is 27.1 Å². The van der Waals surface area contributed by atoms with E-state index in [9.17, 15) is 14.7 Å². The Morgan fingerprint density at radius 1 is 1.45 bits per heavy atom. The van der Waals surface area contributed by atoms with Crippen molar-refractivity contribution in [2.45, 2.75) is 19.9 Å². The van der Waals surface area contributed by atoms with Gasteiger partial charge in [-0.3, -0.25) is 9.48 Å². The molecule has 1 atom stereocenters. The number of carbonyl (C=O) groups is 2. The Hall–Kier alpha value is -2.22. The average Bonchev–Trinajstić information content (AvgIpc) is 2.91. The topological polar surface area (TPSA) is 97.1 Å². The third-order valence-electron chi connectivity index (χ3n) is 2.69. The zero-order valence-corrected chi connectivity index (χ0v) is 12.1. The van der Waals surface area contributed by atoms with Crippen LogP contribution in [-0.2, 0) is 11.8 Å². The Labute approximate surface area is 119 Å². The van der Waals surface area contributed by atoms with Crippen molar-refractivity contribution in [1.29, 1.82) is 0 Å². The molecule has 0 bridgehead atoms. The summed E-state index contributed by atoms with van der Waals surface area (Å²) in [6.07, 6.45) is 2.98. The maximum absolute atomic E-state index is 12.1. The van der Waals surface area contributed by atoms with Gasteiger partial charge in [-0.2, -0.15) is 5.10 Å². The lowest BCUT2D eigenvalue weighted by atomic mass is 10.1. The number of aryl methyl sites for hydroxylation is 3. The Morgan fingerprint density at radius 2 is 2.15 bits per heavy atom. The second-order valence-electron chi connectivity index (χ2n) is 4.34. The number of thiazole rings is 1. The Balaban J connectivity index is 2.23. The Morgan fingerprint density at radius 3 is 2.60 bits per heavy atom. The van der Waals surface area contributed by atoms with Gasteiger partial charge in [0.2, 0.25) is 0 Å². The van der Waals surface area contributed by atoms with Crippen molar-refractivity contribution >= 4 is 23.2 Å². The predicted octanol–water partition coefficient (Wildman–Crippen LogP) is 1.05. The number of nitrogens with zero attached hydrogens (tertiary/aromatic N) is 3. The van der Waals surface area contributed by atoms with E-state index >= 15 is 0 Å². The third kappa shape index (κ3) is 2.85. The van der Waals surface area contributed by atoms with Crippen LogP contribution >= 0.6 is 11.3 Å². The molecular formula is C12H14N4O3S. The first-order chi connectivity index (χ1) is 9.38. The molecule has 7 nitrogen and oxygen atoms in total. The van der Waals surface area contributed by atoms with Crippen molar-refractivity contribution in [2.75, 3.05) is 0 Å². The Bertz CT molecular complexity index is 661. The van der Waals surface area contributed by atoms with Gasteiger partial charge >= 0.3 is 5.97 Å². The quantitative estimate of drug-likeness (QED) is 0.878. The summed E-state index contributed by atoms with van der Waals surface area (Å²) >= 11 is 1.24. The molecule has 106 valence electrons. The highest BCUT2D eigenvalue weighted by molar-refractivity contribution is 7.13. The predicted molar refractivity (Wildman–Crippen MR) is 72.6 cm³/mol. The summed E-state index contributed by atoms with van der Waals surface area (Å²) in [6.45, 7) is 3.52. The number of aromatic nitrogens is 3. The van der Waals surface area contributed by atoms with Crippen molar-refractivity contribution in [3.8, 4) is 0 Å². The maximum atomic E-state index is 12.1. The summed E-state index contributed by atoms with van der Waals surface area (Å²) in [4.78, 5) is 28.0. The van der Waals surface area contributed by atoms with Crippen LogP contribution in [0.15, 0.2) is 12.4 Å². The molecule has 2 N–H and O–H groups in total. The van der Waals surface area contributed by atoms with Crippen molar-refractivity contribution in [2.24, 2.45) is 7.05 Å². The molecule has 20 heavy (non-hydrogen) atoms. The van der Waals surface area contributed by atoms with Gasteiger partial charge in [0, 0.05) is 18.8 Å². The van der Waals surface area contributed by atoms with E-state index in [-0.39, 0.29) is 0 Å². The van der Waals surface area contributed by atoms with Crippen molar-refractivity contribution in [3.05, 3.63) is 33.5 Å². The lowest BCUT2D eigenvalue weighted by Gasteiger charge is -2.12. The van der Waals surface area contributed by atoms with Crippen molar-refractivity contribution < 1.29 is 14.7 Å². The van der Waals surface area contributed by atoms with Gasteiger partial charge in [-0.15, -0.1) is 11.3 Å². The van der Waals surface area contributed by atoms with E-state index in [2.05, 4.69) is 15.4 Å². The summed E-state index contributed by atoms with van der Waals surface area (Å²) in [6, 6.07) is -1.13. The van der Waals surface area contributed by atoms with Gasteiger partial charge in [-0.05, 0) is 13.8 Å². The number of hydrogen-bond acceptors (Lipinski definition) is 5. The van der Waals surface area contributed by atoms with E-state index < -0.39 is 17.9 Å². The number of amides is 1. The molecule has 0 saturated carbocycles. The average molecular weight is 294 g/mol. The second kappa shape index (κ2) is 5.41. The first kappa shape index (κ1) is 14.2. The summed E-state index contributed by atoms with van der Waals surface area (Å²) in [5, 5.41) is 16.4. The van der Waals surface area contributed by atoms with Gasteiger partial charge < -0.3 is 10.4 Å². The number of carboxylic acids is 1. The fraction of sp³-hybridized carbons (Fsp3) is 0.333. The Kier molecular flexibility index (Phi) is 3.84. The van der Waals surface area contributed by atoms with Gasteiger partial charge in [0.25, 0.3) is 5.91 Å². The molecule has 0 fully saturated rings. The number of aliphatic carboxylic acids is 1. The molecule has 0 spiro atoms. The molecule has 1 unspecified atom stereocenters. The van der Waals surface area contributed by atoms with Crippen LogP contribution in [-0.4, -0.2) is 31.7 Å². The SMILES string of the molecule is Cc1nc(C)c(C(=O)NC(C(=O)O)c2cnn(C)c2)s1. The van der Waals surface area contributed by atoms with E-state index in [0.29, 0.717) is 16.1 Å². The van der Waals surface area contributed by atoms with Crippen molar-refractivity contribution in [3.63, 3.8) is 0 Å². The maximum Gasteiger partial charge on any atom is 0.331 e. The molecule has 2 rings (SSSR count). The zero-order valence-electron chi connectivity index (χ0n) is 11.2. The fourth-order valence-corrected chi connectivity index (χ4v) is 2.64. The van der Waals surface area contributed by atoms with Crippen LogP contribution in [0.25, 0.3) is 0 Å². The van der Waals surface area contributed by atoms with Crippen LogP contribution in [0.3, 0.4) is 0 Å². The first-order valence-electron chi connectivity index (χ1n) is 5.84. The molecule has 1 amide bonds. The molecular weight excluding hydrogens is 280 g/mol. The molecule has 2 aromatic rings. The third-order valence-corrected chi connectivity index (χ3v) is 3.76. The normalized spacial score (nSPS) is 12.2. The smallest absolute Gasteiger partial charge is 0.331 e. The molecule has 0 radical (unpaired) electrons. The van der Waals surface area contributed by atoms with Gasteiger partial charge in [-0.1, -0.05) is 0 Å². The van der Waals surface area contributed by atoms with Crippen LogP contribution in [0.2, 0.25) is 0 Å². The minimum atomic E-state index is -1.13. The van der Waals surface area contributed by atoms with Crippen LogP contribution in [0, 0.1) is 13.8 Å². The number of carbonyl (C=O) groups excluding carboxylic acids is 1. The monoisotopic (exact) mass is 294 g/mol. The highest BCUT2D eigenvalue weighted by Gasteiger charge is 2.25. The number of rotatable bonds is 4. The van der Waals surface area contributed by atoms with E-state index in [1.807, 2.05) is 0 Å². The molecule has 2 aromatic heterocycles. The largest absolute Gasteiger partial charge is 0.479 e. The fourth-order valence-electron chi connectivity index (χ4n) is 1.82. The molecule has 2 heterocycles. The van der Waals surface area contributed by atoms with Crippen LogP contribution < -0.4 is 5.32 Å². The summed E-state index contributed by atoms with van der Waals surface area (Å²) < 4.78 is 1.49. The van der Waals surface area contributed by atoms with Crippen LogP contribution in [0.4, 0.5) is 0 Å². The van der Waals surface area contributed by atoms with E-state index in [1.165, 1.54) is 22.2 Å². The zero-order chi connectivity index (χ0) is 14.9. The van der Waals surface area contributed by atoms with Gasteiger partial charge in [0.1, 0.15) is 4.88 Å². The minimum absolute atomic E-state index is 0.423. The summed E-state index contributed by atoms with van der Waals surface area (Å²) in [5.74, 6) is -1.57. The number of hydrogen-bond donors (Lipinski definition) is 2. The number of carboxylic acid groups (broad SMARTS) is 1. The van der Waals surface area contributed by atoms with E-state index in [4.69, 9.17) is 0 Å². The van der Waals surface area contributed by atoms with Crippen LogP contribution in [0.1, 0.15) is 32.0 Å². The van der Waals surface area contributed by atoms with Gasteiger partial charge in [-0.25, -0.2) is 9.78 Å². The van der Waals surface area contributed by atoms with E-state index in [0.717, 1.165) is 5.01 Å². The highest BCUT2D eigenvalue weighted by Crippen LogP contribution is 2.19. The first-order valence-corrected chi connectivity index (χ1v) is 6.66. The number of nitrogens with one attached hydrogen (secondary N) is 1. The highest BCUT2D eigenvalue weighted by atomic mass is 32.1. The standard InChI is InChI=1S/C12H14N4O3S/c1-6-10(20-7(2)14-6)11(17)15-9(12(18)19)8-4-13-16(3)5-8/h4-5,9H,1-3H3,(H,15,17)(H,18,19). The second-order valence-corrected chi connectivity index (χ2v) is 5.54. The summed E-state index contributed by atoms with van der Waals surface area (Å²) in [5.41, 5.74) is 1.02. The molecule has 0 aliphatic carbocycles. The van der Waals surface area contributed by atoms with Crippen molar-refractivity contribution in [1.82, 2.24) is 20.1 Å². The summed E-state index contributed by atoms with van der Waals surface area (Å²) in [7, 11) is 1.68. The minimum Gasteiger partial charge on any atom is -0.479 e. The molecule has 0 aliphatic rings. The molecule has 0 aliphatic heterocycles. The lowest BCUT2D eigenvalue weighted by molar-refractivity contribution is -0.139. The lowest BCUT2D eigenvalue weighted by Crippen LogP contribution is -2.33. The molecule has 8 heteroatoms. The van der Waals surface area contributed by atoms with Crippen LogP contribution in [0.5, 0.6) is 0 Å². The van der Waals surface area contributed by atoms with Gasteiger partial charge in [0.15, 0.2) is 6.04 Å².